The average molecular weight is 572 g/mol. The summed E-state index contributed by atoms with van der Waals surface area (Å²) >= 11 is 0. The molecule has 4 aromatic carbocycles. The minimum Gasteiger partial charge on any atom is -0.508 e. The molecule has 0 aromatic heterocycles. The number of anilines is 2. The van der Waals surface area contributed by atoms with Crippen LogP contribution in [0.1, 0.15) is 26.3 Å². The molecule has 0 atom stereocenters. The van der Waals surface area contributed by atoms with Gasteiger partial charge in [0.05, 0.1) is 5.56 Å². The van der Waals surface area contributed by atoms with E-state index in [0.29, 0.717) is 27.9 Å². The Balaban J connectivity index is 1.43. The Bertz CT molecular complexity index is 2080. The lowest BCUT2D eigenvalue weighted by atomic mass is 9.89. The Morgan fingerprint density at radius 3 is 2.28 bits per heavy atom. The number of carbonyl (C=O) groups is 2. The van der Waals surface area contributed by atoms with Crippen molar-refractivity contribution in [2.45, 2.75) is 6.54 Å². The molecule has 0 saturated heterocycles. The number of phenols is 1. The molecule has 9 nitrogen and oxygen atoms in total. The molecular formula is C34H25N3O6. The predicted molar refractivity (Wildman–Crippen MR) is 165 cm³/mol. The van der Waals surface area contributed by atoms with E-state index in [1.165, 1.54) is 42.5 Å². The number of nitrogens with two attached hydrogens (primary N) is 2. The number of hydrogen-bond donors (Lipinski definition) is 5. The summed E-state index contributed by atoms with van der Waals surface area (Å²) in [6, 6.07) is 25.8. The zero-order valence-electron chi connectivity index (χ0n) is 22.6. The Morgan fingerprint density at radius 1 is 0.767 bits per heavy atom. The highest BCUT2D eigenvalue weighted by atomic mass is 16.4. The third kappa shape index (κ3) is 5.22. The highest BCUT2D eigenvalue weighted by Gasteiger charge is 2.23. The maximum atomic E-state index is 13.5. The van der Waals surface area contributed by atoms with Gasteiger partial charge < -0.3 is 31.4 Å². The summed E-state index contributed by atoms with van der Waals surface area (Å²) in [5.74, 6) is -1.48. The molecule has 9 heteroatoms. The van der Waals surface area contributed by atoms with Crippen LogP contribution in [0.15, 0.2) is 106 Å². The number of phenolic OH excluding ortho intramolecular Hbond substituents is 1. The summed E-state index contributed by atoms with van der Waals surface area (Å²) < 4.78 is 5.90. The number of aromatic hydroxyl groups is 1. The summed E-state index contributed by atoms with van der Waals surface area (Å²) in [5.41, 5.74) is 16.9. The molecule has 6 rings (SSSR count). The van der Waals surface area contributed by atoms with E-state index in [2.05, 4.69) is 5.32 Å². The number of carboxylic acids is 1. The van der Waals surface area contributed by atoms with Crippen LogP contribution in [0.4, 0.5) is 11.4 Å². The lowest BCUT2D eigenvalue weighted by molar-refractivity contribution is 0.0697. The maximum absolute atomic E-state index is 13.5. The first-order valence-corrected chi connectivity index (χ1v) is 13.3. The normalized spacial score (nSPS) is 11.1. The van der Waals surface area contributed by atoms with Gasteiger partial charge in [-0.15, -0.1) is 0 Å². The molecular weight excluding hydrogens is 546 g/mol. The monoisotopic (exact) mass is 571 g/mol. The lowest BCUT2D eigenvalue weighted by Crippen LogP contribution is -2.23. The fourth-order valence-corrected chi connectivity index (χ4v) is 5.21. The van der Waals surface area contributed by atoms with Crippen molar-refractivity contribution in [3.8, 4) is 39.3 Å². The van der Waals surface area contributed by atoms with Gasteiger partial charge in [0.25, 0.3) is 5.91 Å². The number of nitrogens with one attached hydrogen (secondary N) is 1. The van der Waals surface area contributed by atoms with Crippen molar-refractivity contribution >= 4 is 34.2 Å². The smallest absolute Gasteiger partial charge is 0.336 e. The van der Waals surface area contributed by atoms with Gasteiger partial charge >= 0.3 is 5.97 Å². The Labute approximate surface area is 245 Å². The van der Waals surface area contributed by atoms with Crippen LogP contribution in [0.3, 0.4) is 0 Å². The highest BCUT2D eigenvalue weighted by molar-refractivity contribution is 6.09. The zero-order valence-corrected chi connectivity index (χ0v) is 22.6. The minimum atomic E-state index is -1.20. The van der Waals surface area contributed by atoms with Crippen LogP contribution in [-0.4, -0.2) is 22.1 Å². The first-order valence-electron chi connectivity index (χ1n) is 13.3. The van der Waals surface area contributed by atoms with Gasteiger partial charge in [-0.1, -0.05) is 18.2 Å². The van der Waals surface area contributed by atoms with E-state index in [0.717, 1.165) is 16.7 Å². The molecule has 1 heterocycles. The predicted octanol–water partition coefficient (Wildman–Crippen LogP) is 5.73. The van der Waals surface area contributed by atoms with Crippen molar-refractivity contribution < 1.29 is 24.2 Å². The third-order valence-electron chi connectivity index (χ3n) is 7.25. The van der Waals surface area contributed by atoms with Gasteiger partial charge in [0.15, 0.2) is 5.43 Å². The molecule has 2 aliphatic rings. The molecule has 0 saturated carbocycles. The molecule has 0 bridgehead atoms. The van der Waals surface area contributed by atoms with E-state index in [-0.39, 0.29) is 45.8 Å². The van der Waals surface area contributed by atoms with Crippen molar-refractivity contribution in [2.24, 2.45) is 0 Å². The van der Waals surface area contributed by atoms with E-state index in [9.17, 15) is 24.6 Å². The number of fused-ring (bicyclic) bond motifs is 2. The number of nitrogen functional groups attached to an aromatic ring is 2. The topological polar surface area (TPSA) is 169 Å². The van der Waals surface area contributed by atoms with Gasteiger partial charge in [-0.2, -0.15) is 0 Å². The van der Waals surface area contributed by atoms with Gasteiger partial charge in [-0.25, -0.2) is 4.79 Å². The van der Waals surface area contributed by atoms with Gasteiger partial charge in [0.2, 0.25) is 0 Å². The second kappa shape index (κ2) is 10.7. The Hall–Kier alpha value is -6.09. The second-order valence-corrected chi connectivity index (χ2v) is 10.1. The van der Waals surface area contributed by atoms with Gasteiger partial charge in [-0.3, -0.25) is 9.59 Å². The fourth-order valence-electron chi connectivity index (χ4n) is 5.21. The second-order valence-electron chi connectivity index (χ2n) is 10.1. The van der Waals surface area contributed by atoms with E-state index >= 15 is 0 Å². The molecule has 4 aromatic rings. The van der Waals surface area contributed by atoms with Crippen LogP contribution < -0.4 is 22.2 Å². The molecule has 0 spiro atoms. The molecule has 1 aliphatic carbocycles. The third-order valence-corrected chi connectivity index (χ3v) is 7.25. The molecule has 7 N–H and O–H groups in total. The van der Waals surface area contributed by atoms with E-state index < -0.39 is 11.9 Å². The molecule has 43 heavy (non-hydrogen) atoms. The molecule has 0 unspecified atom stereocenters. The van der Waals surface area contributed by atoms with Crippen LogP contribution in [0.5, 0.6) is 5.75 Å². The summed E-state index contributed by atoms with van der Waals surface area (Å²) in [5, 5.41) is 23.6. The zero-order chi connectivity index (χ0) is 30.2. The Kier molecular flexibility index (Phi) is 6.75. The van der Waals surface area contributed by atoms with Crippen LogP contribution in [0.25, 0.3) is 44.5 Å². The highest BCUT2D eigenvalue weighted by Crippen LogP contribution is 2.42. The number of benzene rings is 5. The fraction of sp³-hybridized carbons (Fsp3) is 0.0294. The van der Waals surface area contributed by atoms with E-state index in [1.807, 2.05) is 18.2 Å². The minimum absolute atomic E-state index is 0.0499. The van der Waals surface area contributed by atoms with Crippen LogP contribution in [0, 0.1) is 0 Å². The van der Waals surface area contributed by atoms with Crippen molar-refractivity contribution in [1.82, 2.24) is 5.32 Å². The molecule has 1 amide bonds. The van der Waals surface area contributed by atoms with E-state index in [4.69, 9.17) is 15.9 Å². The number of aromatic carboxylic acids is 1. The van der Waals surface area contributed by atoms with Gasteiger partial charge in [0, 0.05) is 52.1 Å². The van der Waals surface area contributed by atoms with Crippen LogP contribution in [0.2, 0.25) is 0 Å². The van der Waals surface area contributed by atoms with Crippen LogP contribution in [-0.2, 0) is 6.54 Å². The first-order chi connectivity index (χ1) is 20.7. The Morgan fingerprint density at radius 2 is 1.51 bits per heavy atom. The number of hydrogen-bond acceptors (Lipinski definition) is 7. The molecule has 0 fully saturated rings. The summed E-state index contributed by atoms with van der Waals surface area (Å²) in [4.78, 5) is 38.0. The standard InChI is InChI=1S/C34H25N3O6/c35-21-4-1-18(2-5-21)25-10-6-22(36)13-20(25)17-37-33(40)19-3-9-26(34(41)42)29(14-19)32-27-11-7-23(38)15-30(27)43-31-16-24(39)8-12-28(31)32/h1-16,38H,17,35-36H2,(H,37,40)(H,41,42). The SMILES string of the molecule is Nc1ccc(-c2ccc(N)cc2CNC(=O)c2ccc(C(=O)O)c(-c3c4ccc(=O)cc-4oc4cc(O)ccc34)c2)cc1. The number of rotatable bonds is 6. The summed E-state index contributed by atoms with van der Waals surface area (Å²) in [7, 11) is 0. The van der Waals surface area contributed by atoms with Crippen LogP contribution >= 0.6 is 0 Å². The molecule has 1 aliphatic heterocycles. The van der Waals surface area contributed by atoms with E-state index in [1.54, 1.807) is 36.4 Å². The van der Waals surface area contributed by atoms with Crippen molar-refractivity contribution in [3.05, 3.63) is 124 Å². The molecule has 212 valence electrons. The number of carbonyl (C=O) groups excluding carboxylic acids is 1. The van der Waals surface area contributed by atoms with Gasteiger partial charge in [0.1, 0.15) is 17.1 Å². The largest absolute Gasteiger partial charge is 0.508 e. The number of amides is 1. The van der Waals surface area contributed by atoms with Crippen molar-refractivity contribution in [1.29, 1.82) is 0 Å². The molecule has 0 radical (unpaired) electrons. The van der Waals surface area contributed by atoms with Crippen molar-refractivity contribution in [3.63, 3.8) is 0 Å². The first kappa shape index (κ1) is 27.1. The average Bonchev–Trinajstić information content (AvgIpc) is 2.98. The quantitative estimate of drug-likeness (QED) is 0.125. The number of carboxylic acid groups (broad SMARTS) is 1. The van der Waals surface area contributed by atoms with Crippen molar-refractivity contribution in [2.75, 3.05) is 11.5 Å². The lowest BCUT2D eigenvalue weighted by Gasteiger charge is -2.18. The summed E-state index contributed by atoms with van der Waals surface area (Å²) in [6.07, 6.45) is 0. The maximum Gasteiger partial charge on any atom is 0.336 e. The summed E-state index contributed by atoms with van der Waals surface area (Å²) in [6.45, 7) is 0.154. The van der Waals surface area contributed by atoms with Gasteiger partial charge in [-0.05, 0) is 89.0 Å².